The highest BCUT2D eigenvalue weighted by atomic mass is 32.2. The van der Waals surface area contributed by atoms with Crippen molar-refractivity contribution in [1.82, 2.24) is 0 Å². The van der Waals surface area contributed by atoms with Gasteiger partial charge in [0.1, 0.15) is 4.90 Å². The van der Waals surface area contributed by atoms with E-state index < -0.39 is 10.0 Å². The van der Waals surface area contributed by atoms with Gasteiger partial charge in [-0.15, -0.1) is 0 Å². The van der Waals surface area contributed by atoms with Crippen LogP contribution in [0.4, 0.5) is 11.4 Å². The topological polar surface area (TPSA) is 107 Å². The van der Waals surface area contributed by atoms with E-state index in [0.717, 1.165) is 13.0 Å². The van der Waals surface area contributed by atoms with Crippen molar-refractivity contribution in [2.75, 3.05) is 24.3 Å². The number of para-hydroxylation sites is 1. The van der Waals surface area contributed by atoms with Crippen molar-refractivity contribution in [3.8, 4) is 0 Å². The van der Waals surface area contributed by atoms with E-state index in [1.54, 1.807) is 12.1 Å². The molecule has 1 fully saturated rings. The molecule has 2 atom stereocenters. The van der Waals surface area contributed by atoms with E-state index in [1.165, 1.54) is 6.07 Å². The molecule has 0 aromatic heterocycles. The maximum atomic E-state index is 11.4. The Morgan fingerprint density at radius 1 is 1.47 bits per heavy atom. The number of nitrogens with one attached hydrogen (secondary N) is 1. The van der Waals surface area contributed by atoms with Gasteiger partial charge in [-0.05, 0) is 25.5 Å². The summed E-state index contributed by atoms with van der Waals surface area (Å²) in [4.78, 5) is -0.0487. The molecule has 1 heterocycles. The van der Waals surface area contributed by atoms with E-state index in [2.05, 4.69) is 5.32 Å². The van der Waals surface area contributed by atoms with Gasteiger partial charge in [-0.2, -0.15) is 0 Å². The number of hydrogen-bond donors (Lipinski definition) is 3. The third-order valence-electron chi connectivity index (χ3n) is 3.43. The van der Waals surface area contributed by atoms with Crippen LogP contribution in [0.25, 0.3) is 0 Å². The summed E-state index contributed by atoms with van der Waals surface area (Å²) in [5.74, 6) is 0.400. The van der Waals surface area contributed by atoms with Crippen molar-refractivity contribution in [2.24, 2.45) is 11.1 Å². The largest absolute Gasteiger partial charge is 0.396 e. The third-order valence-corrected chi connectivity index (χ3v) is 4.40. The molecular weight excluding hydrogens is 266 g/mol. The molecule has 1 aliphatic rings. The van der Waals surface area contributed by atoms with Crippen molar-refractivity contribution >= 4 is 21.4 Å². The molecule has 1 aliphatic heterocycles. The second kappa shape index (κ2) is 5.36. The maximum Gasteiger partial charge on any atom is 0.240 e. The SMILES string of the molecule is CC(Nc1cccc(S(N)(=O)=O)c1N)C1CCOC1. The molecule has 2 unspecified atom stereocenters. The maximum absolute atomic E-state index is 11.4. The summed E-state index contributed by atoms with van der Waals surface area (Å²) in [5.41, 5.74) is 6.62. The number of nitrogen functional groups attached to an aromatic ring is 1. The summed E-state index contributed by atoms with van der Waals surface area (Å²) >= 11 is 0. The molecule has 5 N–H and O–H groups in total. The van der Waals surface area contributed by atoms with Crippen LogP contribution in [0.1, 0.15) is 13.3 Å². The van der Waals surface area contributed by atoms with Crippen LogP contribution < -0.4 is 16.2 Å². The first-order valence-corrected chi connectivity index (χ1v) is 7.70. The lowest BCUT2D eigenvalue weighted by Gasteiger charge is -2.22. The van der Waals surface area contributed by atoms with E-state index in [4.69, 9.17) is 15.6 Å². The van der Waals surface area contributed by atoms with Gasteiger partial charge in [0.15, 0.2) is 0 Å². The molecule has 106 valence electrons. The van der Waals surface area contributed by atoms with Gasteiger partial charge in [-0.1, -0.05) is 6.07 Å². The Hall–Kier alpha value is -1.31. The van der Waals surface area contributed by atoms with Crippen LogP contribution in [0.2, 0.25) is 0 Å². The summed E-state index contributed by atoms with van der Waals surface area (Å²) in [6, 6.07) is 4.92. The van der Waals surface area contributed by atoms with E-state index >= 15 is 0 Å². The number of sulfonamides is 1. The fourth-order valence-corrected chi connectivity index (χ4v) is 2.91. The van der Waals surface area contributed by atoms with Crippen LogP contribution in [0.15, 0.2) is 23.1 Å². The molecule has 0 bridgehead atoms. The number of benzene rings is 1. The summed E-state index contributed by atoms with van der Waals surface area (Å²) in [7, 11) is -3.80. The van der Waals surface area contributed by atoms with Crippen molar-refractivity contribution in [2.45, 2.75) is 24.3 Å². The van der Waals surface area contributed by atoms with Gasteiger partial charge in [0, 0.05) is 18.6 Å². The number of primary sulfonamides is 1. The lowest BCUT2D eigenvalue weighted by atomic mass is 10.0. The highest BCUT2D eigenvalue weighted by Gasteiger charge is 2.23. The predicted octanol–water partition coefficient (Wildman–Crippen LogP) is 0.753. The standard InChI is InChI=1S/C12H19N3O3S/c1-8(9-5-6-18-7-9)15-10-3-2-4-11(12(10)13)19(14,16)17/h2-4,8-9,15H,5-7,13H2,1H3,(H2,14,16,17). The summed E-state index contributed by atoms with van der Waals surface area (Å²) in [6.45, 7) is 3.51. The molecular formula is C12H19N3O3S. The lowest BCUT2D eigenvalue weighted by molar-refractivity contribution is 0.183. The smallest absolute Gasteiger partial charge is 0.240 e. The molecule has 2 rings (SSSR count). The highest BCUT2D eigenvalue weighted by Crippen LogP contribution is 2.28. The van der Waals surface area contributed by atoms with Crippen molar-refractivity contribution < 1.29 is 13.2 Å². The third kappa shape index (κ3) is 3.17. The molecule has 1 aromatic rings. The molecule has 7 heteroatoms. The Balaban J connectivity index is 2.21. The monoisotopic (exact) mass is 285 g/mol. The van der Waals surface area contributed by atoms with Gasteiger partial charge < -0.3 is 15.8 Å². The van der Waals surface area contributed by atoms with E-state index in [0.29, 0.717) is 18.2 Å². The molecule has 0 saturated carbocycles. The van der Waals surface area contributed by atoms with Gasteiger partial charge in [-0.3, -0.25) is 0 Å². The Morgan fingerprint density at radius 2 is 2.21 bits per heavy atom. The predicted molar refractivity (Wildman–Crippen MR) is 74.2 cm³/mol. The molecule has 1 saturated heterocycles. The molecule has 6 nitrogen and oxygen atoms in total. The van der Waals surface area contributed by atoms with Gasteiger partial charge in [0.25, 0.3) is 0 Å². The summed E-state index contributed by atoms with van der Waals surface area (Å²) in [5, 5.41) is 8.36. The van der Waals surface area contributed by atoms with Crippen molar-refractivity contribution in [3.05, 3.63) is 18.2 Å². The van der Waals surface area contributed by atoms with Gasteiger partial charge in [0.2, 0.25) is 10.0 Å². The average molecular weight is 285 g/mol. The first-order valence-electron chi connectivity index (χ1n) is 6.15. The molecule has 0 radical (unpaired) electrons. The molecule has 0 spiro atoms. The van der Waals surface area contributed by atoms with E-state index in [-0.39, 0.29) is 16.6 Å². The number of hydrogen-bond acceptors (Lipinski definition) is 5. The normalized spacial score (nSPS) is 21.3. The summed E-state index contributed by atoms with van der Waals surface area (Å²) < 4.78 is 28.1. The van der Waals surface area contributed by atoms with Gasteiger partial charge >= 0.3 is 0 Å². The highest BCUT2D eigenvalue weighted by molar-refractivity contribution is 7.89. The molecule has 1 aromatic carbocycles. The first kappa shape index (κ1) is 14.1. The van der Waals surface area contributed by atoms with Gasteiger partial charge in [0.05, 0.1) is 18.0 Å². The first-order chi connectivity index (χ1) is 8.89. The minimum atomic E-state index is -3.80. The Morgan fingerprint density at radius 3 is 2.79 bits per heavy atom. The zero-order valence-electron chi connectivity index (χ0n) is 10.8. The van der Waals surface area contributed by atoms with Gasteiger partial charge in [-0.25, -0.2) is 13.6 Å². The number of anilines is 2. The number of nitrogens with two attached hydrogens (primary N) is 2. The zero-order chi connectivity index (χ0) is 14.0. The summed E-state index contributed by atoms with van der Waals surface area (Å²) in [6.07, 6.45) is 0.989. The Labute approximate surface area is 113 Å². The molecule has 19 heavy (non-hydrogen) atoms. The minimum absolute atomic E-state index is 0.0487. The number of ether oxygens (including phenoxy) is 1. The van der Waals surface area contributed by atoms with Crippen molar-refractivity contribution in [3.63, 3.8) is 0 Å². The van der Waals surface area contributed by atoms with Crippen LogP contribution in [-0.2, 0) is 14.8 Å². The second-order valence-corrected chi connectivity index (χ2v) is 6.35. The van der Waals surface area contributed by atoms with E-state index in [9.17, 15) is 8.42 Å². The van der Waals surface area contributed by atoms with Crippen molar-refractivity contribution in [1.29, 1.82) is 0 Å². The van der Waals surface area contributed by atoms with Crippen LogP contribution in [0.3, 0.4) is 0 Å². The zero-order valence-corrected chi connectivity index (χ0v) is 11.6. The number of rotatable bonds is 4. The fourth-order valence-electron chi connectivity index (χ4n) is 2.23. The van der Waals surface area contributed by atoms with Crippen LogP contribution in [0, 0.1) is 5.92 Å². The fraction of sp³-hybridized carbons (Fsp3) is 0.500. The van der Waals surface area contributed by atoms with Crippen LogP contribution >= 0.6 is 0 Å². The Bertz CT molecular complexity index is 553. The minimum Gasteiger partial charge on any atom is -0.396 e. The second-order valence-electron chi connectivity index (χ2n) is 4.82. The quantitative estimate of drug-likeness (QED) is 0.708. The Kier molecular flexibility index (Phi) is 3.98. The van der Waals surface area contributed by atoms with Crippen LogP contribution in [-0.4, -0.2) is 27.7 Å². The lowest BCUT2D eigenvalue weighted by Crippen LogP contribution is -2.27. The molecule has 0 aliphatic carbocycles. The molecule has 0 amide bonds. The average Bonchev–Trinajstić information content (AvgIpc) is 2.83. The van der Waals surface area contributed by atoms with Crippen LogP contribution in [0.5, 0.6) is 0 Å². The van der Waals surface area contributed by atoms with E-state index in [1.807, 2.05) is 6.92 Å².